The number of nitrogens with two attached hydrogens (primary N) is 1. The van der Waals surface area contributed by atoms with Gasteiger partial charge in [-0.1, -0.05) is 39.3 Å². The Morgan fingerprint density at radius 3 is 2.33 bits per heavy atom. The lowest BCUT2D eigenvalue weighted by Gasteiger charge is -2.38. The molecule has 1 unspecified atom stereocenters. The third-order valence-electron chi connectivity index (χ3n) is 4.42. The quantitative estimate of drug-likeness (QED) is 0.877. The fraction of sp³-hybridized carbons (Fsp3) is 0.625. The summed E-state index contributed by atoms with van der Waals surface area (Å²) in [6, 6.07) is 8.37. The Hall–Kier alpha value is -1.02. The van der Waals surface area contributed by atoms with Crippen LogP contribution in [-0.4, -0.2) is 6.61 Å². The minimum atomic E-state index is -0.184. The number of hydrogen-bond donors (Lipinski definition) is 1. The second-order valence-corrected chi connectivity index (χ2v) is 6.08. The largest absolute Gasteiger partial charge is 0.494 e. The van der Waals surface area contributed by atoms with E-state index in [2.05, 4.69) is 32.9 Å². The second kappa shape index (κ2) is 4.93. The van der Waals surface area contributed by atoms with Gasteiger partial charge in [-0.3, -0.25) is 0 Å². The molecule has 2 nitrogen and oxygen atoms in total. The fourth-order valence-electron chi connectivity index (χ4n) is 2.97. The lowest BCUT2D eigenvalue weighted by Crippen LogP contribution is -2.45. The summed E-state index contributed by atoms with van der Waals surface area (Å²) in [6.45, 7) is 7.45. The van der Waals surface area contributed by atoms with Crippen LogP contribution in [0.5, 0.6) is 5.75 Å². The van der Waals surface area contributed by atoms with Gasteiger partial charge < -0.3 is 10.5 Å². The summed E-state index contributed by atoms with van der Waals surface area (Å²) >= 11 is 0. The average Bonchev–Trinajstić information content (AvgIpc) is 2.63. The van der Waals surface area contributed by atoms with Crippen LogP contribution in [0.1, 0.15) is 52.0 Å². The molecule has 0 bridgehead atoms. The number of ether oxygens (including phenoxy) is 1. The van der Waals surface area contributed by atoms with E-state index >= 15 is 0 Å². The van der Waals surface area contributed by atoms with Crippen LogP contribution in [0.15, 0.2) is 24.3 Å². The van der Waals surface area contributed by atoms with Crippen molar-refractivity contribution in [1.82, 2.24) is 0 Å². The van der Waals surface area contributed by atoms with Gasteiger partial charge >= 0.3 is 0 Å². The van der Waals surface area contributed by atoms with Crippen LogP contribution < -0.4 is 10.5 Å². The van der Waals surface area contributed by atoms with E-state index in [1.807, 2.05) is 12.1 Å². The van der Waals surface area contributed by atoms with Crippen LogP contribution in [0.4, 0.5) is 0 Å². The predicted molar refractivity (Wildman–Crippen MR) is 75.7 cm³/mol. The molecule has 1 atom stereocenters. The topological polar surface area (TPSA) is 35.2 Å². The van der Waals surface area contributed by atoms with Crippen LogP contribution in [0.25, 0.3) is 0 Å². The summed E-state index contributed by atoms with van der Waals surface area (Å²) in [6.07, 6.45) is 4.54. The van der Waals surface area contributed by atoms with Gasteiger partial charge in [0.05, 0.1) is 6.61 Å². The highest BCUT2D eigenvalue weighted by molar-refractivity contribution is 5.34. The Bertz CT molecular complexity index is 396. The molecule has 0 amide bonds. The lowest BCUT2D eigenvalue weighted by atomic mass is 9.71. The van der Waals surface area contributed by atoms with E-state index in [0.717, 1.165) is 25.2 Å². The van der Waals surface area contributed by atoms with E-state index < -0.39 is 0 Å². The molecule has 0 heterocycles. The Morgan fingerprint density at radius 2 is 1.83 bits per heavy atom. The molecule has 1 aromatic rings. The molecule has 0 spiro atoms. The zero-order chi connectivity index (χ0) is 13.2. The Labute approximate surface area is 111 Å². The molecule has 1 aliphatic rings. The van der Waals surface area contributed by atoms with Crippen LogP contribution in [0.3, 0.4) is 0 Å². The van der Waals surface area contributed by atoms with Crippen LogP contribution >= 0.6 is 0 Å². The molecule has 0 aliphatic heterocycles. The smallest absolute Gasteiger partial charge is 0.119 e. The minimum Gasteiger partial charge on any atom is -0.494 e. The van der Waals surface area contributed by atoms with Gasteiger partial charge in [-0.2, -0.15) is 0 Å². The molecule has 0 saturated heterocycles. The van der Waals surface area contributed by atoms with E-state index in [1.54, 1.807) is 0 Å². The van der Waals surface area contributed by atoms with E-state index in [9.17, 15) is 0 Å². The fourth-order valence-corrected chi connectivity index (χ4v) is 2.97. The zero-order valence-electron chi connectivity index (χ0n) is 11.8. The van der Waals surface area contributed by atoms with Crippen LogP contribution in [0, 0.1) is 5.41 Å². The molecule has 18 heavy (non-hydrogen) atoms. The highest BCUT2D eigenvalue weighted by Crippen LogP contribution is 2.50. The van der Waals surface area contributed by atoms with E-state index in [0.29, 0.717) is 0 Å². The van der Waals surface area contributed by atoms with Crippen molar-refractivity contribution in [2.75, 3.05) is 6.61 Å². The summed E-state index contributed by atoms with van der Waals surface area (Å²) in [5.41, 5.74) is 7.91. The maximum absolute atomic E-state index is 6.67. The molecule has 1 fully saturated rings. The summed E-state index contributed by atoms with van der Waals surface area (Å²) < 4.78 is 5.62. The second-order valence-electron chi connectivity index (χ2n) is 6.08. The van der Waals surface area contributed by atoms with E-state index in [1.165, 1.54) is 18.4 Å². The number of benzene rings is 1. The molecule has 1 aromatic carbocycles. The first kappa shape index (κ1) is 13.4. The minimum absolute atomic E-state index is 0.179. The first-order valence-electron chi connectivity index (χ1n) is 7.02. The third kappa shape index (κ3) is 2.26. The molecule has 100 valence electrons. The zero-order valence-corrected chi connectivity index (χ0v) is 11.8. The van der Waals surface area contributed by atoms with E-state index in [4.69, 9.17) is 10.5 Å². The third-order valence-corrected chi connectivity index (χ3v) is 4.42. The van der Waals surface area contributed by atoms with Gasteiger partial charge in [0.1, 0.15) is 5.75 Å². The van der Waals surface area contributed by atoms with Crippen LogP contribution in [-0.2, 0) is 5.54 Å². The summed E-state index contributed by atoms with van der Waals surface area (Å²) in [4.78, 5) is 0. The van der Waals surface area contributed by atoms with Gasteiger partial charge in [-0.05, 0) is 42.4 Å². The Kier molecular flexibility index (Phi) is 3.67. The van der Waals surface area contributed by atoms with Gasteiger partial charge in [0.15, 0.2) is 0 Å². The molecule has 2 rings (SSSR count). The molecule has 0 radical (unpaired) electrons. The monoisotopic (exact) mass is 247 g/mol. The van der Waals surface area contributed by atoms with Crippen molar-refractivity contribution in [2.24, 2.45) is 11.1 Å². The first-order valence-corrected chi connectivity index (χ1v) is 7.02. The van der Waals surface area contributed by atoms with Gasteiger partial charge in [0.2, 0.25) is 0 Å². The number of rotatable bonds is 4. The Balaban J connectivity index is 2.19. The maximum Gasteiger partial charge on any atom is 0.119 e. The highest BCUT2D eigenvalue weighted by atomic mass is 16.5. The van der Waals surface area contributed by atoms with Crippen molar-refractivity contribution in [1.29, 1.82) is 0 Å². The average molecular weight is 247 g/mol. The standard InChI is InChI=1S/C16H25NO/c1-4-12-18-14-8-6-13(7-9-14)16(17)11-5-10-15(16,2)3/h6-9H,4-5,10-12,17H2,1-3H3. The summed E-state index contributed by atoms with van der Waals surface area (Å²) in [7, 11) is 0. The predicted octanol–water partition coefficient (Wildman–Crippen LogP) is 3.84. The van der Waals surface area contributed by atoms with Gasteiger partial charge in [-0.15, -0.1) is 0 Å². The highest BCUT2D eigenvalue weighted by Gasteiger charge is 2.46. The van der Waals surface area contributed by atoms with E-state index in [-0.39, 0.29) is 11.0 Å². The SMILES string of the molecule is CCCOc1ccc(C2(N)CCCC2(C)C)cc1. The molecule has 0 aromatic heterocycles. The normalized spacial score (nSPS) is 26.2. The number of hydrogen-bond acceptors (Lipinski definition) is 2. The van der Waals surface area contributed by atoms with Crippen molar-refractivity contribution in [3.63, 3.8) is 0 Å². The van der Waals surface area contributed by atoms with Crippen molar-refractivity contribution in [2.45, 2.75) is 52.0 Å². The van der Waals surface area contributed by atoms with Crippen molar-refractivity contribution < 1.29 is 4.74 Å². The summed E-state index contributed by atoms with van der Waals surface area (Å²) in [5, 5.41) is 0. The van der Waals surface area contributed by atoms with Crippen molar-refractivity contribution in [3.8, 4) is 5.75 Å². The molecule has 2 heteroatoms. The van der Waals surface area contributed by atoms with Crippen molar-refractivity contribution >= 4 is 0 Å². The van der Waals surface area contributed by atoms with Crippen molar-refractivity contribution in [3.05, 3.63) is 29.8 Å². The Morgan fingerprint density at radius 1 is 1.17 bits per heavy atom. The van der Waals surface area contributed by atoms with Gasteiger partial charge in [0.25, 0.3) is 0 Å². The molecule has 1 aliphatic carbocycles. The summed E-state index contributed by atoms with van der Waals surface area (Å²) in [5.74, 6) is 0.944. The maximum atomic E-state index is 6.67. The molecular formula is C16H25NO. The van der Waals surface area contributed by atoms with Gasteiger partial charge in [-0.25, -0.2) is 0 Å². The molecular weight excluding hydrogens is 222 g/mol. The molecule has 1 saturated carbocycles. The molecule has 2 N–H and O–H groups in total. The first-order chi connectivity index (χ1) is 8.49. The lowest BCUT2D eigenvalue weighted by molar-refractivity contribution is 0.210. The van der Waals surface area contributed by atoms with Crippen LogP contribution in [0.2, 0.25) is 0 Å². The van der Waals surface area contributed by atoms with Gasteiger partial charge in [0, 0.05) is 5.54 Å².